The van der Waals surface area contributed by atoms with Crippen LogP contribution in [0.5, 0.6) is 0 Å². The van der Waals surface area contributed by atoms with Crippen LogP contribution in [0.25, 0.3) is 0 Å². The fourth-order valence-electron chi connectivity index (χ4n) is 3.97. The minimum atomic E-state index is -1.61. The summed E-state index contributed by atoms with van der Waals surface area (Å²) in [6, 6.07) is 0. The van der Waals surface area contributed by atoms with Crippen molar-refractivity contribution in [1.29, 1.82) is 0 Å². The predicted octanol–water partition coefficient (Wildman–Crippen LogP) is 2.31. The number of allylic oxidation sites excluding steroid dienone is 6. The molecule has 2 fully saturated rings. The van der Waals surface area contributed by atoms with Crippen LogP contribution in [0.4, 0.5) is 0 Å². The lowest BCUT2D eigenvalue weighted by molar-refractivity contribution is -0.141. The van der Waals surface area contributed by atoms with Crippen LogP contribution in [0.2, 0.25) is 0 Å². The molecule has 30 heavy (non-hydrogen) atoms. The summed E-state index contributed by atoms with van der Waals surface area (Å²) >= 11 is 0. The Kier molecular flexibility index (Phi) is 7.80. The number of epoxide rings is 1. The maximum absolute atomic E-state index is 12.2. The average Bonchev–Trinajstić information content (AvgIpc) is 3.34. The molecule has 0 spiro atoms. The van der Waals surface area contributed by atoms with Gasteiger partial charge >= 0.3 is 5.97 Å². The Morgan fingerprint density at radius 2 is 2.10 bits per heavy atom. The van der Waals surface area contributed by atoms with Crippen molar-refractivity contribution in [2.24, 2.45) is 5.92 Å². The Balaban J connectivity index is 1.94. The van der Waals surface area contributed by atoms with E-state index in [0.29, 0.717) is 12.0 Å². The Bertz CT molecular complexity index is 796. The van der Waals surface area contributed by atoms with Gasteiger partial charge in [0.25, 0.3) is 5.91 Å². The zero-order valence-corrected chi connectivity index (χ0v) is 18.4. The smallest absolute Gasteiger partial charge is 0.333 e. The Morgan fingerprint density at radius 1 is 1.40 bits per heavy atom. The molecule has 1 unspecified atom stereocenters. The molecule has 0 aromatic heterocycles. The molecule has 0 radical (unpaired) electrons. The molecule has 2 saturated heterocycles. The zero-order chi connectivity index (χ0) is 22.5. The van der Waals surface area contributed by atoms with Gasteiger partial charge in [0, 0.05) is 25.0 Å². The molecule has 166 valence electrons. The van der Waals surface area contributed by atoms with E-state index in [9.17, 15) is 14.7 Å². The van der Waals surface area contributed by atoms with Crippen molar-refractivity contribution in [1.82, 2.24) is 5.32 Å². The van der Waals surface area contributed by atoms with Gasteiger partial charge in [0.15, 0.2) is 11.3 Å². The number of hydrogen-bond acceptors (Lipinski definition) is 6. The number of carbonyl (C=O) groups excluding carboxylic acids is 2. The van der Waals surface area contributed by atoms with Gasteiger partial charge in [0.2, 0.25) is 0 Å². The highest BCUT2D eigenvalue weighted by molar-refractivity contribution is 5.91. The Labute approximate surface area is 178 Å². The van der Waals surface area contributed by atoms with Gasteiger partial charge in [-0.3, -0.25) is 4.79 Å². The number of aliphatic hydroxyl groups is 2. The molecule has 1 amide bonds. The number of methoxy groups -OCH3 is 1. The summed E-state index contributed by atoms with van der Waals surface area (Å²) in [6.07, 6.45) is 9.91. The highest BCUT2D eigenvalue weighted by Crippen LogP contribution is 2.51. The van der Waals surface area contributed by atoms with Crippen molar-refractivity contribution in [2.45, 2.75) is 64.4 Å². The molecular formula is C23H33NO6. The summed E-state index contributed by atoms with van der Waals surface area (Å²) in [5, 5.41) is 22.6. The van der Waals surface area contributed by atoms with Crippen LogP contribution in [0.1, 0.15) is 47.0 Å². The lowest BCUT2D eigenvalue weighted by atomic mass is 9.90. The van der Waals surface area contributed by atoms with Crippen molar-refractivity contribution in [3.05, 3.63) is 47.1 Å². The summed E-state index contributed by atoms with van der Waals surface area (Å²) in [6.45, 7) is 7.56. The Morgan fingerprint density at radius 3 is 2.70 bits per heavy atom. The van der Waals surface area contributed by atoms with Gasteiger partial charge in [-0.1, -0.05) is 48.5 Å². The van der Waals surface area contributed by atoms with E-state index in [1.807, 2.05) is 45.9 Å². The standard InChI is InChI=1S/C23H33NO6/c1-6-18(19(26)29-5)13-17(4)12-15(2)8-7-9-16(3)14-22(28)20-23(30-20,10-11-25)24-21(22)27/h6-9,12,17,20,25,28H,10-11,13-14H2,1-5H3,(H,24,27)/b8-7+,15-12+,16-9+,18-6+/t17?,20-,22-,23-/m0/s1. The van der Waals surface area contributed by atoms with E-state index in [4.69, 9.17) is 14.6 Å². The fourth-order valence-corrected chi connectivity index (χ4v) is 3.97. The summed E-state index contributed by atoms with van der Waals surface area (Å²) in [7, 11) is 1.38. The lowest BCUT2D eigenvalue weighted by Gasteiger charge is -2.20. The second-order valence-corrected chi connectivity index (χ2v) is 8.19. The van der Waals surface area contributed by atoms with Gasteiger partial charge in [-0.05, 0) is 33.1 Å². The molecular weight excluding hydrogens is 386 g/mol. The number of nitrogens with one attached hydrogen (secondary N) is 1. The molecule has 0 aliphatic carbocycles. The summed E-state index contributed by atoms with van der Waals surface area (Å²) in [5.74, 6) is -0.597. The van der Waals surface area contributed by atoms with Gasteiger partial charge in [-0.25, -0.2) is 4.79 Å². The molecule has 3 N–H and O–H groups in total. The van der Waals surface area contributed by atoms with Crippen molar-refractivity contribution in [3.8, 4) is 0 Å². The monoisotopic (exact) mass is 419 g/mol. The van der Waals surface area contributed by atoms with Gasteiger partial charge in [0.1, 0.15) is 6.10 Å². The zero-order valence-electron chi connectivity index (χ0n) is 18.4. The number of esters is 1. The number of fused-ring (bicyclic) bond motifs is 1. The molecule has 2 aliphatic rings. The fraction of sp³-hybridized carbons (Fsp3) is 0.565. The van der Waals surface area contributed by atoms with Crippen LogP contribution < -0.4 is 5.32 Å². The van der Waals surface area contributed by atoms with Crippen LogP contribution >= 0.6 is 0 Å². The van der Waals surface area contributed by atoms with Gasteiger partial charge < -0.3 is 25.0 Å². The predicted molar refractivity (Wildman–Crippen MR) is 113 cm³/mol. The molecule has 2 aliphatic heterocycles. The van der Waals surface area contributed by atoms with Crippen LogP contribution in [-0.2, 0) is 19.1 Å². The number of carbonyl (C=O) groups is 2. The van der Waals surface area contributed by atoms with Gasteiger partial charge in [-0.15, -0.1) is 0 Å². The molecule has 7 nitrogen and oxygen atoms in total. The van der Waals surface area contributed by atoms with Crippen molar-refractivity contribution >= 4 is 11.9 Å². The Hall–Kier alpha value is -2.22. The average molecular weight is 420 g/mol. The van der Waals surface area contributed by atoms with E-state index in [2.05, 4.69) is 11.4 Å². The minimum absolute atomic E-state index is 0.121. The molecule has 0 saturated carbocycles. The SMILES string of the molecule is C/C=C(\CC(C)/C=C(C)/C=C/C=C(\C)C[C@@]1(O)C(=O)N[C@@]2(CCO)O[C@H]21)C(=O)OC. The van der Waals surface area contributed by atoms with Crippen LogP contribution in [-0.4, -0.2) is 53.2 Å². The highest BCUT2D eigenvalue weighted by atomic mass is 16.7. The first kappa shape index (κ1) is 24.1. The second-order valence-electron chi connectivity index (χ2n) is 8.19. The maximum Gasteiger partial charge on any atom is 0.333 e. The number of ether oxygens (including phenoxy) is 2. The molecule has 4 atom stereocenters. The third-order valence-electron chi connectivity index (χ3n) is 5.50. The molecule has 0 bridgehead atoms. The number of aliphatic hydroxyl groups excluding tert-OH is 1. The van der Waals surface area contributed by atoms with Crippen LogP contribution in [0.3, 0.4) is 0 Å². The highest BCUT2D eigenvalue weighted by Gasteiger charge is 2.75. The third kappa shape index (κ3) is 5.28. The normalized spacial score (nSPS) is 30.3. The molecule has 7 heteroatoms. The number of rotatable bonds is 10. The van der Waals surface area contributed by atoms with E-state index >= 15 is 0 Å². The third-order valence-corrected chi connectivity index (χ3v) is 5.50. The molecule has 0 aromatic rings. The summed E-state index contributed by atoms with van der Waals surface area (Å²) in [5.41, 5.74) is -0.00269. The number of hydrogen-bond donors (Lipinski definition) is 3. The first-order valence-corrected chi connectivity index (χ1v) is 10.2. The van der Waals surface area contributed by atoms with Gasteiger partial charge in [-0.2, -0.15) is 0 Å². The van der Waals surface area contributed by atoms with Crippen molar-refractivity contribution < 1.29 is 29.3 Å². The van der Waals surface area contributed by atoms with E-state index in [1.165, 1.54) is 7.11 Å². The maximum atomic E-state index is 12.2. The second kappa shape index (κ2) is 9.73. The minimum Gasteiger partial charge on any atom is -0.466 e. The van der Waals surface area contributed by atoms with Crippen molar-refractivity contribution in [3.63, 3.8) is 0 Å². The summed E-state index contributed by atoms with van der Waals surface area (Å²) < 4.78 is 10.3. The van der Waals surface area contributed by atoms with E-state index in [-0.39, 0.29) is 31.3 Å². The topological polar surface area (TPSA) is 108 Å². The molecule has 2 heterocycles. The van der Waals surface area contributed by atoms with E-state index < -0.39 is 23.3 Å². The number of amides is 1. The first-order valence-electron chi connectivity index (χ1n) is 10.2. The summed E-state index contributed by atoms with van der Waals surface area (Å²) in [4.78, 5) is 23.9. The molecule has 2 rings (SSSR count). The first-order chi connectivity index (χ1) is 14.1. The van der Waals surface area contributed by atoms with Crippen LogP contribution in [0, 0.1) is 5.92 Å². The largest absolute Gasteiger partial charge is 0.466 e. The quantitative estimate of drug-likeness (QED) is 0.217. The van der Waals surface area contributed by atoms with E-state index in [1.54, 1.807) is 6.08 Å². The lowest BCUT2D eigenvalue weighted by Crippen LogP contribution is -2.45. The van der Waals surface area contributed by atoms with Crippen molar-refractivity contribution in [2.75, 3.05) is 13.7 Å². The molecule has 0 aromatic carbocycles. The van der Waals surface area contributed by atoms with Crippen LogP contribution in [0.15, 0.2) is 47.1 Å². The van der Waals surface area contributed by atoms with E-state index in [0.717, 1.165) is 11.1 Å². The van der Waals surface area contributed by atoms with Gasteiger partial charge in [0.05, 0.1) is 7.11 Å².